The second-order valence-corrected chi connectivity index (χ2v) is 7.07. The van der Waals surface area contributed by atoms with Crippen LogP contribution in [-0.2, 0) is 19.0 Å². The Morgan fingerprint density at radius 1 is 1.24 bits per heavy atom. The predicted octanol–water partition coefficient (Wildman–Crippen LogP) is 2.23. The van der Waals surface area contributed by atoms with Crippen molar-refractivity contribution in [2.75, 3.05) is 13.1 Å². The van der Waals surface area contributed by atoms with Crippen LogP contribution in [0, 0.1) is 5.92 Å². The summed E-state index contributed by atoms with van der Waals surface area (Å²) in [5, 5.41) is 0. The third-order valence-corrected chi connectivity index (χ3v) is 3.49. The van der Waals surface area contributed by atoms with Crippen LogP contribution in [0.25, 0.3) is 0 Å². The number of hydrogen-bond acceptors (Lipinski definition) is 5. The molecule has 6 nitrogen and oxygen atoms in total. The first kappa shape index (κ1) is 17.6. The average Bonchev–Trinajstić information content (AvgIpc) is 2.07. The molecule has 0 aromatic carbocycles. The Hall–Kier alpha value is -1.45. The van der Waals surface area contributed by atoms with Crippen molar-refractivity contribution in [3.63, 3.8) is 0 Å². The van der Waals surface area contributed by atoms with E-state index in [0.717, 1.165) is 0 Å². The van der Waals surface area contributed by atoms with Crippen molar-refractivity contribution in [1.82, 2.24) is 4.90 Å². The minimum Gasteiger partial charge on any atom is -0.444 e. The first-order chi connectivity index (χ1) is 9.23. The van der Waals surface area contributed by atoms with Crippen molar-refractivity contribution in [3.05, 3.63) is 12.3 Å². The molecule has 0 radical (unpaired) electrons. The van der Waals surface area contributed by atoms with Crippen LogP contribution in [0.2, 0.25) is 0 Å². The minimum atomic E-state index is -5.72. The molecule has 21 heavy (non-hydrogen) atoms. The zero-order valence-corrected chi connectivity index (χ0v) is 12.5. The summed E-state index contributed by atoms with van der Waals surface area (Å²) in [6.07, 6.45) is -0.634. The molecule has 1 aliphatic heterocycles. The van der Waals surface area contributed by atoms with E-state index >= 15 is 0 Å². The van der Waals surface area contributed by atoms with Gasteiger partial charge in [0.05, 0.1) is 5.92 Å². The maximum atomic E-state index is 12.1. The fourth-order valence-corrected chi connectivity index (χ4v) is 1.93. The quantitative estimate of drug-likeness (QED) is 0.450. The smallest absolute Gasteiger partial charge is 0.444 e. The van der Waals surface area contributed by atoms with Gasteiger partial charge in [0.1, 0.15) is 11.4 Å². The maximum absolute atomic E-state index is 12.1. The summed E-state index contributed by atoms with van der Waals surface area (Å²) in [6.45, 7) is 8.14. The second kappa shape index (κ2) is 5.39. The van der Waals surface area contributed by atoms with E-state index < -0.39 is 39.0 Å². The van der Waals surface area contributed by atoms with Crippen LogP contribution in [0.3, 0.4) is 0 Å². The summed E-state index contributed by atoms with van der Waals surface area (Å²) in [5.74, 6) is -1.23. The highest BCUT2D eigenvalue weighted by Gasteiger charge is 2.50. The molecule has 0 aromatic heterocycles. The molecule has 1 fully saturated rings. The SMILES string of the molecule is C=C(OS(=O)(=O)C(F)(F)F)C1CN(C(=O)OC(C)(C)C)C1. The van der Waals surface area contributed by atoms with E-state index in [9.17, 15) is 26.4 Å². The van der Waals surface area contributed by atoms with Gasteiger partial charge in [-0.05, 0) is 20.8 Å². The molecule has 1 amide bonds. The van der Waals surface area contributed by atoms with E-state index in [4.69, 9.17) is 4.74 Å². The van der Waals surface area contributed by atoms with E-state index in [0.29, 0.717) is 0 Å². The van der Waals surface area contributed by atoms with Gasteiger partial charge >= 0.3 is 21.7 Å². The van der Waals surface area contributed by atoms with Crippen LogP contribution in [0.1, 0.15) is 20.8 Å². The molecule has 0 N–H and O–H groups in total. The summed E-state index contributed by atoms with van der Waals surface area (Å²) < 4.78 is 66.9. The van der Waals surface area contributed by atoms with Gasteiger partial charge in [-0.3, -0.25) is 0 Å². The Bertz CT molecular complexity index is 529. The van der Waals surface area contributed by atoms with Gasteiger partial charge in [0.25, 0.3) is 0 Å². The molecule has 10 heteroatoms. The summed E-state index contributed by atoms with van der Waals surface area (Å²) in [7, 11) is -5.72. The van der Waals surface area contributed by atoms with Crippen LogP contribution in [-0.4, -0.2) is 43.6 Å². The van der Waals surface area contributed by atoms with Crippen LogP contribution in [0.5, 0.6) is 0 Å². The number of ether oxygens (including phenoxy) is 1. The minimum absolute atomic E-state index is 0.0128. The van der Waals surface area contributed by atoms with Gasteiger partial charge in [-0.1, -0.05) is 6.58 Å². The third kappa shape index (κ3) is 4.51. The molecule has 0 aliphatic carbocycles. The van der Waals surface area contributed by atoms with E-state index in [-0.39, 0.29) is 13.1 Å². The number of halogens is 3. The Kier molecular flexibility index (Phi) is 4.52. The van der Waals surface area contributed by atoms with Crippen molar-refractivity contribution >= 4 is 16.2 Å². The summed E-state index contributed by atoms with van der Waals surface area (Å²) in [5.41, 5.74) is -6.21. The van der Waals surface area contributed by atoms with Crippen molar-refractivity contribution < 1.29 is 35.3 Å². The van der Waals surface area contributed by atoms with Crippen molar-refractivity contribution in [2.45, 2.75) is 31.9 Å². The third-order valence-electron chi connectivity index (χ3n) is 2.49. The van der Waals surface area contributed by atoms with Crippen molar-refractivity contribution in [3.8, 4) is 0 Å². The number of carbonyl (C=O) groups excluding carboxylic acids is 1. The Balaban J connectivity index is 2.51. The number of carbonyl (C=O) groups is 1. The van der Waals surface area contributed by atoms with Gasteiger partial charge < -0.3 is 13.8 Å². The number of hydrogen-bond donors (Lipinski definition) is 0. The highest BCUT2D eigenvalue weighted by atomic mass is 32.2. The second-order valence-electron chi connectivity index (χ2n) is 5.53. The van der Waals surface area contributed by atoms with E-state index in [1.165, 1.54) is 4.90 Å². The van der Waals surface area contributed by atoms with Crippen LogP contribution >= 0.6 is 0 Å². The molecule has 0 saturated carbocycles. The molecular formula is C11H16F3NO5S. The molecule has 122 valence electrons. The molecule has 1 heterocycles. The number of likely N-dealkylation sites (tertiary alicyclic amines) is 1. The summed E-state index contributed by atoms with van der Waals surface area (Å²) in [4.78, 5) is 12.8. The predicted molar refractivity (Wildman–Crippen MR) is 66.5 cm³/mol. The van der Waals surface area contributed by atoms with Crippen molar-refractivity contribution in [1.29, 1.82) is 0 Å². The number of alkyl halides is 3. The standard InChI is InChI=1S/C11H16F3NO5S/c1-7(20-21(17,18)11(12,13)14)8-5-15(6-8)9(16)19-10(2,3)4/h8H,1,5-6H2,2-4H3. The molecular weight excluding hydrogens is 315 g/mol. The van der Waals surface area contributed by atoms with Gasteiger partial charge in [-0.25, -0.2) is 4.79 Å². The largest absolute Gasteiger partial charge is 0.534 e. The van der Waals surface area contributed by atoms with Crippen LogP contribution in [0.4, 0.5) is 18.0 Å². The molecule has 0 spiro atoms. The highest BCUT2D eigenvalue weighted by Crippen LogP contribution is 2.31. The lowest BCUT2D eigenvalue weighted by molar-refractivity contribution is -0.0538. The molecule has 0 aromatic rings. The van der Waals surface area contributed by atoms with E-state index in [1.54, 1.807) is 20.8 Å². The number of amides is 1. The zero-order chi connectivity index (χ0) is 16.6. The summed E-state index contributed by atoms with van der Waals surface area (Å²) in [6, 6.07) is 0. The molecule has 0 bridgehead atoms. The van der Waals surface area contributed by atoms with Gasteiger partial charge in [0.2, 0.25) is 0 Å². The Morgan fingerprint density at radius 3 is 2.10 bits per heavy atom. The van der Waals surface area contributed by atoms with Crippen LogP contribution in [0.15, 0.2) is 12.3 Å². The maximum Gasteiger partial charge on any atom is 0.534 e. The fraction of sp³-hybridized carbons (Fsp3) is 0.727. The molecule has 1 rings (SSSR count). The van der Waals surface area contributed by atoms with Gasteiger partial charge in [-0.15, -0.1) is 0 Å². The fourth-order valence-electron chi connectivity index (χ4n) is 1.41. The molecule has 1 saturated heterocycles. The Morgan fingerprint density at radius 2 is 1.71 bits per heavy atom. The number of nitrogens with zero attached hydrogens (tertiary/aromatic N) is 1. The summed E-state index contributed by atoms with van der Waals surface area (Å²) >= 11 is 0. The first-order valence-electron chi connectivity index (χ1n) is 5.90. The normalized spacial score (nSPS) is 17.1. The average molecular weight is 331 g/mol. The lowest BCUT2D eigenvalue weighted by Gasteiger charge is -2.39. The van der Waals surface area contributed by atoms with Crippen molar-refractivity contribution in [2.24, 2.45) is 5.92 Å². The lowest BCUT2D eigenvalue weighted by atomic mass is 9.99. The Labute approximate surface area is 120 Å². The first-order valence-corrected chi connectivity index (χ1v) is 7.31. The topological polar surface area (TPSA) is 72.9 Å². The highest BCUT2D eigenvalue weighted by molar-refractivity contribution is 7.87. The lowest BCUT2D eigenvalue weighted by Crippen LogP contribution is -2.52. The zero-order valence-electron chi connectivity index (χ0n) is 11.7. The van der Waals surface area contributed by atoms with E-state index in [1.807, 2.05) is 0 Å². The van der Waals surface area contributed by atoms with Gasteiger partial charge in [0.15, 0.2) is 0 Å². The monoisotopic (exact) mass is 331 g/mol. The van der Waals surface area contributed by atoms with Gasteiger partial charge in [-0.2, -0.15) is 21.6 Å². The molecule has 0 unspecified atom stereocenters. The molecule has 1 aliphatic rings. The van der Waals surface area contributed by atoms with Gasteiger partial charge in [0, 0.05) is 13.1 Å². The molecule has 0 atom stereocenters. The number of rotatable bonds is 3. The van der Waals surface area contributed by atoms with E-state index in [2.05, 4.69) is 10.8 Å². The van der Waals surface area contributed by atoms with Crippen LogP contribution < -0.4 is 0 Å².